The predicted molar refractivity (Wildman–Crippen MR) is 64.7 cm³/mol. The van der Waals surface area contributed by atoms with Crippen LogP contribution in [0.15, 0.2) is 24.5 Å². The third kappa shape index (κ3) is 3.63. The fourth-order valence-electron chi connectivity index (χ4n) is 1.64. The molecule has 0 aliphatic rings. The highest BCUT2D eigenvalue weighted by molar-refractivity contribution is 5.12. The van der Waals surface area contributed by atoms with E-state index in [1.165, 1.54) is 12.0 Å². The smallest absolute Gasteiger partial charge is 0.0315 e. The summed E-state index contributed by atoms with van der Waals surface area (Å²) in [5.41, 5.74) is 1.26. The highest BCUT2D eigenvalue weighted by atomic mass is 14.9. The van der Waals surface area contributed by atoms with E-state index in [2.05, 4.69) is 44.1 Å². The molecule has 2 heteroatoms. The first-order valence-corrected chi connectivity index (χ1v) is 5.81. The van der Waals surface area contributed by atoms with Crippen LogP contribution in [0.25, 0.3) is 0 Å². The standard InChI is InChI=1S/C13H22N2/c1-5-10(2)11(3)15-12(4)13-7-6-8-14-9-13/h6-12,15H,5H2,1-4H3/t10-,11+,12+/m0/s1. The fourth-order valence-corrected chi connectivity index (χ4v) is 1.64. The van der Waals surface area contributed by atoms with Crippen LogP contribution in [0.4, 0.5) is 0 Å². The van der Waals surface area contributed by atoms with Crippen LogP contribution in [0.5, 0.6) is 0 Å². The van der Waals surface area contributed by atoms with Gasteiger partial charge in [-0.2, -0.15) is 0 Å². The van der Waals surface area contributed by atoms with E-state index >= 15 is 0 Å². The molecule has 0 aliphatic heterocycles. The monoisotopic (exact) mass is 206 g/mol. The average molecular weight is 206 g/mol. The predicted octanol–water partition coefficient (Wildman–Crippen LogP) is 3.17. The number of pyridine rings is 1. The molecule has 1 aromatic heterocycles. The van der Waals surface area contributed by atoms with Gasteiger partial charge in [-0.1, -0.05) is 26.3 Å². The molecule has 3 atom stereocenters. The molecule has 0 saturated heterocycles. The van der Waals surface area contributed by atoms with Gasteiger partial charge in [-0.15, -0.1) is 0 Å². The molecule has 15 heavy (non-hydrogen) atoms. The Kier molecular flexibility index (Phi) is 4.76. The van der Waals surface area contributed by atoms with E-state index in [4.69, 9.17) is 0 Å². The van der Waals surface area contributed by atoms with Gasteiger partial charge in [0.15, 0.2) is 0 Å². The summed E-state index contributed by atoms with van der Waals surface area (Å²) in [4.78, 5) is 4.14. The van der Waals surface area contributed by atoms with Gasteiger partial charge in [0.25, 0.3) is 0 Å². The molecule has 0 bridgehead atoms. The molecule has 0 unspecified atom stereocenters. The molecule has 1 heterocycles. The van der Waals surface area contributed by atoms with E-state index in [-0.39, 0.29) is 0 Å². The van der Waals surface area contributed by atoms with Gasteiger partial charge in [-0.05, 0) is 31.4 Å². The molecule has 0 saturated carbocycles. The normalized spacial score (nSPS) is 17.1. The first-order valence-electron chi connectivity index (χ1n) is 5.81. The van der Waals surface area contributed by atoms with Crippen molar-refractivity contribution in [2.75, 3.05) is 0 Å². The van der Waals surface area contributed by atoms with Crippen molar-refractivity contribution in [3.05, 3.63) is 30.1 Å². The van der Waals surface area contributed by atoms with Gasteiger partial charge in [0.1, 0.15) is 0 Å². The molecule has 0 aromatic carbocycles. The van der Waals surface area contributed by atoms with E-state index in [1.54, 1.807) is 0 Å². The van der Waals surface area contributed by atoms with Crippen molar-refractivity contribution in [2.24, 2.45) is 5.92 Å². The molecule has 2 nitrogen and oxygen atoms in total. The van der Waals surface area contributed by atoms with E-state index in [1.807, 2.05) is 18.5 Å². The summed E-state index contributed by atoms with van der Waals surface area (Å²) in [7, 11) is 0. The fraction of sp³-hybridized carbons (Fsp3) is 0.615. The molecule has 1 rings (SSSR count). The summed E-state index contributed by atoms with van der Waals surface area (Å²) in [5, 5.41) is 3.61. The van der Waals surface area contributed by atoms with Gasteiger partial charge >= 0.3 is 0 Å². The zero-order chi connectivity index (χ0) is 11.3. The molecule has 0 aliphatic carbocycles. The summed E-state index contributed by atoms with van der Waals surface area (Å²) >= 11 is 0. The second-order valence-electron chi connectivity index (χ2n) is 4.35. The first kappa shape index (κ1) is 12.2. The summed E-state index contributed by atoms with van der Waals surface area (Å²) in [6.45, 7) is 8.96. The lowest BCUT2D eigenvalue weighted by Gasteiger charge is -2.24. The Balaban J connectivity index is 2.52. The van der Waals surface area contributed by atoms with Crippen molar-refractivity contribution in [2.45, 2.75) is 46.2 Å². The summed E-state index contributed by atoms with van der Waals surface area (Å²) in [5.74, 6) is 0.712. The minimum atomic E-state index is 0.378. The maximum Gasteiger partial charge on any atom is 0.0315 e. The summed E-state index contributed by atoms with van der Waals surface area (Å²) in [6, 6.07) is 5.03. The minimum absolute atomic E-state index is 0.378. The number of rotatable bonds is 5. The number of hydrogen-bond donors (Lipinski definition) is 1. The Morgan fingerprint density at radius 2 is 2.07 bits per heavy atom. The van der Waals surface area contributed by atoms with Crippen molar-refractivity contribution in [3.63, 3.8) is 0 Å². The average Bonchev–Trinajstić information content (AvgIpc) is 2.29. The van der Waals surface area contributed by atoms with Crippen LogP contribution in [-0.2, 0) is 0 Å². The Morgan fingerprint density at radius 1 is 1.33 bits per heavy atom. The van der Waals surface area contributed by atoms with E-state index < -0.39 is 0 Å². The van der Waals surface area contributed by atoms with E-state index in [0.717, 1.165) is 0 Å². The van der Waals surface area contributed by atoms with Crippen molar-refractivity contribution in [1.29, 1.82) is 0 Å². The largest absolute Gasteiger partial charge is 0.307 e. The second-order valence-corrected chi connectivity index (χ2v) is 4.35. The Hall–Kier alpha value is -0.890. The summed E-state index contributed by atoms with van der Waals surface area (Å²) < 4.78 is 0. The number of hydrogen-bond acceptors (Lipinski definition) is 2. The number of aromatic nitrogens is 1. The summed E-state index contributed by atoms with van der Waals surface area (Å²) in [6.07, 6.45) is 4.96. The molecular formula is C13H22N2. The molecule has 0 amide bonds. The van der Waals surface area contributed by atoms with Crippen LogP contribution < -0.4 is 5.32 Å². The van der Waals surface area contributed by atoms with Gasteiger partial charge in [0, 0.05) is 24.5 Å². The Labute approximate surface area is 93.1 Å². The van der Waals surface area contributed by atoms with E-state index in [9.17, 15) is 0 Å². The van der Waals surface area contributed by atoms with Crippen LogP contribution in [0.2, 0.25) is 0 Å². The van der Waals surface area contributed by atoms with Gasteiger partial charge in [-0.3, -0.25) is 4.98 Å². The molecule has 1 aromatic rings. The van der Waals surface area contributed by atoms with Gasteiger partial charge in [0.05, 0.1) is 0 Å². The van der Waals surface area contributed by atoms with Crippen LogP contribution in [0.1, 0.15) is 45.7 Å². The van der Waals surface area contributed by atoms with Crippen molar-refractivity contribution in [1.82, 2.24) is 10.3 Å². The first-order chi connectivity index (χ1) is 7.15. The quantitative estimate of drug-likeness (QED) is 0.800. The SMILES string of the molecule is CC[C@H](C)[C@@H](C)N[C@H](C)c1cccnc1. The van der Waals surface area contributed by atoms with Crippen molar-refractivity contribution in [3.8, 4) is 0 Å². The minimum Gasteiger partial charge on any atom is -0.307 e. The Bertz CT molecular complexity index is 271. The lowest BCUT2D eigenvalue weighted by atomic mass is 9.99. The molecule has 1 N–H and O–H groups in total. The van der Waals surface area contributed by atoms with Crippen molar-refractivity contribution >= 4 is 0 Å². The lowest BCUT2D eigenvalue weighted by Crippen LogP contribution is -2.33. The molecule has 0 fully saturated rings. The van der Waals surface area contributed by atoms with Crippen LogP contribution in [0, 0.1) is 5.92 Å². The molecular weight excluding hydrogens is 184 g/mol. The van der Waals surface area contributed by atoms with Crippen LogP contribution in [-0.4, -0.2) is 11.0 Å². The number of nitrogens with zero attached hydrogens (tertiary/aromatic N) is 1. The second kappa shape index (κ2) is 5.86. The molecule has 0 spiro atoms. The van der Waals surface area contributed by atoms with Gasteiger partial charge in [-0.25, -0.2) is 0 Å². The number of nitrogens with one attached hydrogen (secondary N) is 1. The zero-order valence-electron chi connectivity index (χ0n) is 10.2. The highest BCUT2D eigenvalue weighted by Crippen LogP contribution is 2.14. The van der Waals surface area contributed by atoms with Gasteiger partial charge in [0.2, 0.25) is 0 Å². The topological polar surface area (TPSA) is 24.9 Å². The van der Waals surface area contributed by atoms with Crippen molar-refractivity contribution < 1.29 is 0 Å². The maximum absolute atomic E-state index is 4.14. The molecule has 0 radical (unpaired) electrons. The van der Waals surface area contributed by atoms with Crippen LogP contribution in [0.3, 0.4) is 0 Å². The Morgan fingerprint density at radius 3 is 2.60 bits per heavy atom. The van der Waals surface area contributed by atoms with Crippen LogP contribution >= 0.6 is 0 Å². The zero-order valence-corrected chi connectivity index (χ0v) is 10.2. The molecule has 84 valence electrons. The lowest BCUT2D eigenvalue weighted by molar-refractivity contribution is 0.360. The third-order valence-corrected chi connectivity index (χ3v) is 3.19. The third-order valence-electron chi connectivity index (χ3n) is 3.19. The van der Waals surface area contributed by atoms with E-state index in [0.29, 0.717) is 18.0 Å². The highest BCUT2D eigenvalue weighted by Gasteiger charge is 2.13. The van der Waals surface area contributed by atoms with Gasteiger partial charge < -0.3 is 5.32 Å². The maximum atomic E-state index is 4.14.